The Morgan fingerprint density at radius 2 is 1.92 bits per heavy atom. The summed E-state index contributed by atoms with van der Waals surface area (Å²) in [4.78, 5) is 38.1. The van der Waals surface area contributed by atoms with Crippen molar-refractivity contribution in [3.63, 3.8) is 0 Å². The molecule has 0 unspecified atom stereocenters. The predicted molar refractivity (Wildman–Crippen MR) is 131 cm³/mol. The predicted octanol–water partition coefficient (Wildman–Crippen LogP) is 3.33. The van der Waals surface area contributed by atoms with Crippen LogP contribution in [-0.2, 0) is 19.0 Å². The van der Waals surface area contributed by atoms with Crippen LogP contribution in [0.15, 0.2) is 30.6 Å². The molecule has 1 aromatic carbocycles. The van der Waals surface area contributed by atoms with Crippen LogP contribution in [0.4, 0.5) is 16.3 Å². The minimum absolute atomic E-state index is 0.0852. The fourth-order valence-corrected chi connectivity index (χ4v) is 4.64. The van der Waals surface area contributed by atoms with Crippen molar-refractivity contribution in [2.24, 2.45) is 0 Å². The van der Waals surface area contributed by atoms with Gasteiger partial charge < -0.3 is 24.8 Å². The van der Waals surface area contributed by atoms with Crippen LogP contribution in [-0.4, -0.2) is 62.1 Å². The van der Waals surface area contributed by atoms with Gasteiger partial charge in [-0.05, 0) is 50.6 Å². The third-order valence-corrected chi connectivity index (χ3v) is 6.03. The van der Waals surface area contributed by atoms with Gasteiger partial charge in [-0.15, -0.1) is 0 Å². The maximum atomic E-state index is 12.7. The fourth-order valence-electron chi connectivity index (χ4n) is 4.29. The second kappa shape index (κ2) is 9.45. The number of nitrogens with one attached hydrogen (secondary N) is 3. The van der Waals surface area contributed by atoms with Gasteiger partial charge in [-0.1, -0.05) is 17.7 Å². The summed E-state index contributed by atoms with van der Waals surface area (Å²) in [6.45, 7) is 5.79. The Morgan fingerprint density at radius 3 is 2.67 bits per heavy atom. The van der Waals surface area contributed by atoms with Gasteiger partial charge in [0.1, 0.15) is 12.2 Å². The third-order valence-electron chi connectivity index (χ3n) is 5.62. The average Bonchev–Trinajstić information content (AvgIpc) is 3.44. The Hall–Kier alpha value is -3.03. The molecular formula is C22H23Cl2N7O5. The molecule has 0 aliphatic carbocycles. The molecule has 3 amide bonds. The zero-order valence-electron chi connectivity index (χ0n) is 19.5. The number of rotatable bonds is 5. The number of carbonyl (C=O) groups is 2. The van der Waals surface area contributed by atoms with Gasteiger partial charge in [0.2, 0.25) is 5.28 Å². The lowest BCUT2D eigenvalue weighted by atomic mass is 10.1. The molecule has 0 radical (unpaired) electrons. The van der Waals surface area contributed by atoms with E-state index in [1.54, 1.807) is 42.7 Å². The van der Waals surface area contributed by atoms with Crippen molar-refractivity contribution in [2.45, 2.75) is 51.1 Å². The van der Waals surface area contributed by atoms with E-state index in [1.165, 1.54) is 6.33 Å². The van der Waals surface area contributed by atoms with Crippen molar-refractivity contribution in [2.75, 3.05) is 17.2 Å². The number of imidazole rings is 1. The van der Waals surface area contributed by atoms with Gasteiger partial charge >= 0.3 is 6.03 Å². The van der Waals surface area contributed by atoms with Crippen molar-refractivity contribution in [1.29, 1.82) is 0 Å². The molecule has 3 aromatic rings. The molecule has 36 heavy (non-hydrogen) atoms. The van der Waals surface area contributed by atoms with Crippen LogP contribution < -0.4 is 16.0 Å². The number of hydrogen-bond donors (Lipinski definition) is 3. The molecule has 2 aromatic heterocycles. The lowest BCUT2D eigenvalue weighted by Gasteiger charge is -2.24. The van der Waals surface area contributed by atoms with Crippen LogP contribution in [0.1, 0.15) is 27.0 Å². The van der Waals surface area contributed by atoms with Crippen LogP contribution >= 0.6 is 23.2 Å². The summed E-state index contributed by atoms with van der Waals surface area (Å²) in [7, 11) is 0. The molecule has 5 rings (SSSR count). The number of halogens is 2. The highest BCUT2D eigenvalue weighted by molar-refractivity contribution is 6.31. The molecule has 190 valence electrons. The largest absolute Gasteiger partial charge is 0.354 e. The van der Waals surface area contributed by atoms with Crippen molar-refractivity contribution < 1.29 is 23.8 Å². The smallest absolute Gasteiger partial charge is 0.324 e. The van der Waals surface area contributed by atoms with Crippen LogP contribution in [0.2, 0.25) is 10.3 Å². The third kappa shape index (κ3) is 4.70. The van der Waals surface area contributed by atoms with Gasteiger partial charge in [-0.2, -0.15) is 9.97 Å². The van der Waals surface area contributed by atoms with E-state index in [0.29, 0.717) is 17.3 Å². The van der Waals surface area contributed by atoms with Crippen LogP contribution in [0.5, 0.6) is 0 Å². The Kier molecular flexibility index (Phi) is 6.47. The SMILES string of the molecule is CCNC(=O)[C@H]1O[C@@H](n2cnc3c(NC(=O)Nc4cccc(Cl)c4)nc(Cl)nc32)[C@@H]2OC(C)(C)O[C@@H]21. The van der Waals surface area contributed by atoms with Crippen LogP contribution in [0.25, 0.3) is 11.2 Å². The lowest BCUT2D eigenvalue weighted by molar-refractivity contribution is -0.197. The molecular weight excluding hydrogens is 513 g/mol. The van der Waals surface area contributed by atoms with E-state index in [2.05, 4.69) is 30.9 Å². The molecule has 2 saturated heterocycles. The zero-order valence-corrected chi connectivity index (χ0v) is 21.0. The number of ether oxygens (including phenoxy) is 3. The van der Waals surface area contributed by atoms with Crippen molar-refractivity contribution >= 4 is 57.8 Å². The number of aromatic nitrogens is 4. The quantitative estimate of drug-likeness (QED) is 0.422. The van der Waals surface area contributed by atoms with E-state index in [-0.39, 0.29) is 28.2 Å². The molecule has 3 N–H and O–H groups in total. The first-order valence-electron chi connectivity index (χ1n) is 11.2. The number of fused-ring (bicyclic) bond motifs is 2. The zero-order chi connectivity index (χ0) is 25.6. The normalized spacial score (nSPS) is 24.5. The summed E-state index contributed by atoms with van der Waals surface area (Å²) in [5.74, 6) is -1.15. The van der Waals surface area contributed by atoms with E-state index in [4.69, 9.17) is 37.4 Å². The number of anilines is 2. The fraction of sp³-hybridized carbons (Fsp3) is 0.409. The lowest BCUT2D eigenvalue weighted by Crippen LogP contribution is -2.42. The van der Waals surface area contributed by atoms with E-state index < -0.39 is 36.4 Å². The molecule has 2 fully saturated rings. The van der Waals surface area contributed by atoms with E-state index >= 15 is 0 Å². The molecule has 4 heterocycles. The van der Waals surface area contributed by atoms with E-state index in [0.717, 1.165) is 0 Å². The van der Waals surface area contributed by atoms with Gasteiger partial charge in [0, 0.05) is 17.3 Å². The number of urea groups is 1. The van der Waals surface area contributed by atoms with Gasteiger partial charge in [-0.25, -0.2) is 9.78 Å². The number of carbonyl (C=O) groups excluding carboxylic acids is 2. The Bertz CT molecular complexity index is 1330. The Balaban J connectivity index is 1.45. The number of hydrogen-bond acceptors (Lipinski definition) is 8. The summed E-state index contributed by atoms with van der Waals surface area (Å²) >= 11 is 12.2. The number of amides is 3. The minimum Gasteiger partial charge on any atom is -0.354 e. The highest BCUT2D eigenvalue weighted by Gasteiger charge is 2.58. The van der Waals surface area contributed by atoms with Crippen LogP contribution in [0.3, 0.4) is 0 Å². The molecule has 2 aliphatic heterocycles. The Labute approximate surface area is 215 Å². The first-order chi connectivity index (χ1) is 17.1. The summed E-state index contributed by atoms with van der Waals surface area (Å²) in [5, 5.41) is 8.41. The molecule has 0 spiro atoms. The first kappa shape index (κ1) is 24.7. The topological polar surface area (TPSA) is 142 Å². The number of nitrogens with zero attached hydrogens (tertiary/aromatic N) is 4. The molecule has 0 bridgehead atoms. The molecule has 2 aliphatic rings. The van der Waals surface area contributed by atoms with E-state index in [9.17, 15) is 9.59 Å². The van der Waals surface area contributed by atoms with Gasteiger partial charge in [0.15, 0.2) is 35.1 Å². The van der Waals surface area contributed by atoms with E-state index in [1.807, 2.05) is 6.92 Å². The molecule has 0 saturated carbocycles. The highest BCUT2D eigenvalue weighted by atomic mass is 35.5. The van der Waals surface area contributed by atoms with Gasteiger partial charge in [-0.3, -0.25) is 14.7 Å². The first-order valence-corrected chi connectivity index (χ1v) is 11.9. The average molecular weight is 536 g/mol. The number of likely N-dealkylation sites (N-methyl/N-ethyl adjacent to an activating group) is 1. The minimum atomic E-state index is -0.920. The summed E-state index contributed by atoms with van der Waals surface area (Å²) in [6, 6.07) is 6.11. The second-order valence-corrected chi connectivity index (χ2v) is 9.44. The van der Waals surface area contributed by atoms with Crippen molar-refractivity contribution in [3.8, 4) is 0 Å². The molecule has 14 heteroatoms. The highest BCUT2D eigenvalue weighted by Crippen LogP contribution is 2.44. The van der Waals surface area contributed by atoms with Crippen molar-refractivity contribution in [3.05, 3.63) is 40.9 Å². The van der Waals surface area contributed by atoms with Crippen molar-refractivity contribution in [1.82, 2.24) is 24.8 Å². The maximum absolute atomic E-state index is 12.7. The second-order valence-electron chi connectivity index (χ2n) is 8.66. The van der Waals surface area contributed by atoms with Crippen LogP contribution in [0, 0.1) is 0 Å². The monoisotopic (exact) mass is 535 g/mol. The maximum Gasteiger partial charge on any atom is 0.324 e. The summed E-state index contributed by atoms with van der Waals surface area (Å²) in [5.41, 5.74) is 1.03. The summed E-state index contributed by atoms with van der Waals surface area (Å²) < 4.78 is 19.7. The van der Waals surface area contributed by atoms with Gasteiger partial charge in [0.05, 0.1) is 6.33 Å². The summed E-state index contributed by atoms with van der Waals surface area (Å²) in [6.07, 6.45) is -1.51. The molecule has 12 nitrogen and oxygen atoms in total. The number of benzene rings is 1. The van der Waals surface area contributed by atoms with Gasteiger partial charge in [0.25, 0.3) is 5.91 Å². The Morgan fingerprint density at radius 1 is 1.14 bits per heavy atom. The standard InChI is InChI=1S/C22H23Cl2N7O5/c1-4-25-18(32)14-13-15(36-22(2,3)35-13)19(34-14)31-9-26-12-16(28-20(24)30-17(12)31)29-21(33)27-11-7-5-6-10(23)8-11/h5-9,13-15,19H,4H2,1-3H3,(H,25,32)(H2,27,28,29,30,33)/t13-,14+,15-,19-/m1/s1. The molecule has 4 atom stereocenters.